The Balaban J connectivity index is 3.72. The van der Waals surface area contributed by atoms with E-state index < -0.39 is 11.2 Å². The van der Waals surface area contributed by atoms with Crippen LogP contribution in [0.1, 0.15) is 24.2 Å². The molecule has 0 spiro atoms. The average Bonchev–Trinajstić information content (AvgIpc) is 2.23. The zero-order valence-electron chi connectivity index (χ0n) is 9.77. The van der Waals surface area contributed by atoms with E-state index in [9.17, 15) is 14.4 Å². The number of hydrogen-bond donors (Lipinski definition) is 1. The first-order valence-electron chi connectivity index (χ1n) is 4.88. The third kappa shape index (κ3) is 1.66. The second kappa shape index (κ2) is 3.96. The van der Waals surface area contributed by atoms with Crippen LogP contribution >= 0.6 is 0 Å². The van der Waals surface area contributed by atoms with Gasteiger partial charge in [-0.1, -0.05) is 13.8 Å². The standard InChI is InChI=1S/C10H15N3O3/c1-5(2)7(14)6-8(11)12(3)10(16)13(4)9(6)15/h5H,11H2,1-4H3. The van der Waals surface area contributed by atoms with Crippen LogP contribution in [0.5, 0.6) is 0 Å². The predicted molar refractivity (Wildman–Crippen MR) is 60.5 cm³/mol. The lowest BCUT2D eigenvalue weighted by molar-refractivity contribution is 0.0937. The molecule has 6 heteroatoms. The summed E-state index contributed by atoms with van der Waals surface area (Å²) < 4.78 is 1.98. The van der Waals surface area contributed by atoms with Gasteiger partial charge in [-0.05, 0) is 0 Å². The Bertz CT molecular complexity index is 552. The lowest BCUT2D eigenvalue weighted by atomic mass is 10.0. The van der Waals surface area contributed by atoms with Crippen molar-refractivity contribution >= 4 is 11.6 Å². The van der Waals surface area contributed by atoms with Gasteiger partial charge in [-0.2, -0.15) is 0 Å². The summed E-state index contributed by atoms with van der Waals surface area (Å²) in [5, 5.41) is 0. The highest BCUT2D eigenvalue weighted by Crippen LogP contribution is 2.09. The molecule has 0 atom stereocenters. The van der Waals surface area contributed by atoms with Crippen molar-refractivity contribution in [1.29, 1.82) is 0 Å². The fourth-order valence-corrected chi connectivity index (χ4v) is 1.38. The molecule has 0 fully saturated rings. The molecule has 0 radical (unpaired) electrons. The summed E-state index contributed by atoms with van der Waals surface area (Å²) in [6.45, 7) is 3.35. The van der Waals surface area contributed by atoms with Gasteiger partial charge >= 0.3 is 5.69 Å². The molecule has 0 aliphatic heterocycles. The van der Waals surface area contributed by atoms with Crippen LogP contribution in [0.25, 0.3) is 0 Å². The number of Topliss-reactive ketones (excluding diaryl/α,β-unsaturated/α-hetero) is 1. The van der Waals surface area contributed by atoms with Crippen molar-refractivity contribution in [3.05, 3.63) is 26.4 Å². The van der Waals surface area contributed by atoms with E-state index in [1.54, 1.807) is 13.8 Å². The smallest absolute Gasteiger partial charge is 0.332 e. The molecule has 0 aliphatic rings. The molecule has 16 heavy (non-hydrogen) atoms. The Morgan fingerprint density at radius 2 is 1.69 bits per heavy atom. The van der Waals surface area contributed by atoms with Crippen LogP contribution in [0.3, 0.4) is 0 Å². The van der Waals surface area contributed by atoms with Crippen LogP contribution in [-0.2, 0) is 14.1 Å². The quantitative estimate of drug-likeness (QED) is 0.688. The first kappa shape index (κ1) is 12.2. The van der Waals surface area contributed by atoms with E-state index in [1.807, 2.05) is 0 Å². The molecule has 0 saturated heterocycles. The van der Waals surface area contributed by atoms with Crippen LogP contribution in [0.15, 0.2) is 9.59 Å². The van der Waals surface area contributed by atoms with E-state index in [0.29, 0.717) is 0 Å². The Morgan fingerprint density at radius 3 is 2.12 bits per heavy atom. The monoisotopic (exact) mass is 225 g/mol. The minimum absolute atomic E-state index is 0.0770. The van der Waals surface area contributed by atoms with Gasteiger partial charge in [0.15, 0.2) is 5.78 Å². The van der Waals surface area contributed by atoms with E-state index in [0.717, 1.165) is 9.13 Å². The number of aromatic nitrogens is 2. The third-order valence-corrected chi connectivity index (χ3v) is 2.48. The van der Waals surface area contributed by atoms with Gasteiger partial charge in [-0.15, -0.1) is 0 Å². The fraction of sp³-hybridized carbons (Fsp3) is 0.500. The van der Waals surface area contributed by atoms with Crippen molar-refractivity contribution in [2.45, 2.75) is 13.8 Å². The number of nitrogens with zero attached hydrogens (tertiary/aromatic N) is 2. The topological polar surface area (TPSA) is 87.1 Å². The maximum atomic E-state index is 11.8. The number of nitrogen functional groups attached to an aromatic ring is 1. The van der Waals surface area contributed by atoms with E-state index in [4.69, 9.17) is 5.73 Å². The third-order valence-electron chi connectivity index (χ3n) is 2.48. The number of carbonyl (C=O) groups excluding carboxylic acids is 1. The van der Waals surface area contributed by atoms with E-state index in [-0.39, 0.29) is 23.1 Å². The van der Waals surface area contributed by atoms with Crippen molar-refractivity contribution in [2.24, 2.45) is 20.0 Å². The zero-order chi connectivity index (χ0) is 12.6. The number of ketones is 1. The number of hydrogen-bond acceptors (Lipinski definition) is 4. The molecule has 0 saturated carbocycles. The maximum Gasteiger partial charge on any atom is 0.332 e. The van der Waals surface area contributed by atoms with Crippen LogP contribution in [0.4, 0.5) is 5.82 Å². The van der Waals surface area contributed by atoms with Crippen molar-refractivity contribution in [1.82, 2.24) is 9.13 Å². The summed E-state index contributed by atoms with van der Waals surface area (Å²) in [5.74, 6) is -0.770. The van der Waals surface area contributed by atoms with Crippen molar-refractivity contribution in [2.75, 3.05) is 5.73 Å². The summed E-state index contributed by atoms with van der Waals surface area (Å²) in [6, 6.07) is 0. The molecule has 0 aliphatic carbocycles. The van der Waals surface area contributed by atoms with Crippen LogP contribution in [-0.4, -0.2) is 14.9 Å². The molecule has 0 amide bonds. The Morgan fingerprint density at radius 1 is 1.19 bits per heavy atom. The van der Waals surface area contributed by atoms with Gasteiger partial charge in [-0.25, -0.2) is 4.79 Å². The molecule has 1 rings (SSSR count). The van der Waals surface area contributed by atoms with Gasteiger partial charge in [0.25, 0.3) is 5.56 Å². The van der Waals surface area contributed by atoms with Gasteiger partial charge < -0.3 is 5.73 Å². The summed E-state index contributed by atoms with van der Waals surface area (Å²) >= 11 is 0. The second-order valence-electron chi connectivity index (χ2n) is 3.98. The number of anilines is 1. The van der Waals surface area contributed by atoms with Crippen molar-refractivity contribution in [3.8, 4) is 0 Å². The van der Waals surface area contributed by atoms with Gasteiger partial charge in [0.2, 0.25) is 0 Å². The first-order valence-corrected chi connectivity index (χ1v) is 4.88. The van der Waals surface area contributed by atoms with Gasteiger partial charge in [0.1, 0.15) is 11.4 Å². The molecule has 2 N–H and O–H groups in total. The number of carbonyl (C=O) groups is 1. The molecule has 0 aromatic carbocycles. The highest BCUT2D eigenvalue weighted by molar-refractivity contribution is 6.00. The zero-order valence-corrected chi connectivity index (χ0v) is 9.77. The molecule has 0 bridgehead atoms. The molecule has 1 heterocycles. The highest BCUT2D eigenvalue weighted by Gasteiger charge is 2.21. The Hall–Kier alpha value is -1.85. The SMILES string of the molecule is CC(C)C(=O)c1c(N)n(C)c(=O)n(C)c1=O. The minimum Gasteiger partial charge on any atom is -0.384 e. The summed E-state index contributed by atoms with van der Waals surface area (Å²) in [4.78, 5) is 35.0. The number of rotatable bonds is 2. The Labute approximate surface area is 92.3 Å². The van der Waals surface area contributed by atoms with Gasteiger partial charge in [0, 0.05) is 20.0 Å². The average molecular weight is 225 g/mol. The lowest BCUT2D eigenvalue weighted by Crippen LogP contribution is -2.42. The largest absolute Gasteiger partial charge is 0.384 e. The maximum absolute atomic E-state index is 11.8. The molecular weight excluding hydrogens is 210 g/mol. The minimum atomic E-state index is -0.640. The molecule has 0 unspecified atom stereocenters. The number of nitrogens with two attached hydrogens (primary N) is 1. The molecule has 1 aromatic rings. The molecular formula is C10H15N3O3. The summed E-state index contributed by atoms with van der Waals surface area (Å²) in [6.07, 6.45) is 0. The Kier molecular flexibility index (Phi) is 3.02. The molecule has 88 valence electrons. The lowest BCUT2D eigenvalue weighted by Gasteiger charge is -2.11. The molecule has 6 nitrogen and oxygen atoms in total. The highest BCUT2D eigenvalue weighted by atomic mass is 16.2. The predicted octanol–water partition coefficient (Wildman–Crippen LogP) is -0.495. The van der Waals surface area contributed by atoms with E-state index in [2.05, 4.69) is 0 Å². The van der Waals surface area contributed by atoms with Gasteiger partial charge in [0.05, 0.1) is 0 Å². The normalized spacial score (nSPS) is 10.8. The van der Waals surface area contributed by atoms with Crippen LogP contribution < -0.4 is 17.0 Å². The van der Waals surface area contributed by atoms with Crippen molar-refractivity contribution in [3.63, 3.8) is 0 Å². The van der Waals surface area contributed by atoms with Crippen LogP contribution in [0.2, 0.25) is 0 Å². The first-order chi connectivity index (χ1) is 7.29. The summed E-state index contributed by atoms with van der Waals surface area (Å²) in [5.41, 5.74) is 4.33. The van der Waals surface area contributed by atoms with E-state index in [1.165, 1.54) is 14.1 Å². The van der Waals surface area contributed by atoms with Crippen molar-refractivity contribution < 1.29 is 4.79 Å². The fourth-order valence-electron chi connectivity index (χ4n) is 1.38. The molecule has 1 aromatic heterocycles. The van der Waals surface area contributed by atoms with E-state index >= 15 is 0 Å². The second-order valence-corrected chi connectivity index (χ2v) is 3.98. The van der Waals surface area contributed by atoms with Crippen LogP contribution in [0, 0.1) is 5.92 Å². The summed E-state index contributed by atoms with van der Waals surface area (Å²) in [7, 11) is 2.75. The van der Waals surface area contributed by atoms with Gasteiger partial charge in [-0.3, -0.25) is 18.7 Å².